The summed E-state index contributed by atoms with van der Waals surface area (Å²) < 4.78 is 11.5. The number of thiophene rings is 1. The van der Waals surface area contributed by atoms with Crippen LogP contribution in [0.3, 0.4) is 0 Å². The normalized spacial score (nSPS) is 12.4. The van der Waals surface area contributed by atoms with E-state index in [1.165, 1.54) is 0 Å². The predicted octanol–water partition coefficient (Wildman–Crippen LogP) is 3.58. The Kier molecular flexibility index (Phi) is 5.39. The second-order valence-electron chi connectivity index (χ2n) is 4.02. The van der Waals surface area contributed by atoms with Crippen molar-refractivity contribution in [3.8, 4) is 5.75 Å². The Bertz CT molecular complexity index is 516. The maximum absolute atomic E-state index is 6.23. The Morgan fingerprint density at radius 2 is 2.16 bits per heavy atom. The Hall–Kier alpha value is -0.880. The lowest BCUT2D eigenvalue weighted by Gasteiger charge is -2.13. The fraction of sp³-hybridized carbons (Fsp3) is 0.286. The van der Waals surface area contributed by atoms with Crippen LogP contribution in [0.4, 0.5) is 0 Å². The summed E-state index contributed by atoms with van der Waals surface area (Å²) in [6.45, 7) is 1.11. The fourth-order valence-corrected chi connectivity index (χ4v) is 2.96. The molecule has 0 fully saturated rings. The van der Waals surface area contributed by atoms with Gasteiger partial charge in [-0.25, -0.2) is 0 Å². The Morgan fingerprint density at radius 1 is 1.32 bits per heavy atom. The van der Waals surface area contributed by atoms with E-state index >= 15 is 0 Å². The second kappa shape index (κ2) is 7.05. The third kappa shape index (κ3) is 3.79. The molecule has 2 aromatic rings. The van der Waals surface area contributed by atoms with E-state index in [1.54, 1.807) is 18.4 Å². The minimum Gasteiger partial charge on any atom is -0.490 e. The molecule has 0 aliphatic heterocycles. The van der Waals surface area contributed by atoms with Crippen molar-refractivity contribution in [3.63, 3.8) is 0 Å². The quantitative estimate of drug-likeness (QED) is 0.816. The molecule has 0 bridgehead atoms. The van der Waals surface area contributed by atoms with Crippen LogP contribution in [0, 0.1) is 0 Å². The minimum atomic E-state index is -0.0932. The van der Waals surface area contributed by atoms with E-state index in [4.69, 9.17) is 15.2 Å². The molecule has 1 atom stereocenters. The molecule has 0 saturated heterocycles. The zero-order chi connectivity index (χ0) is 13.7. The molecule has 2 N–H and O–H groups in total. The lowest BCUT2D eigenvalue weighted by atomic mass is 10.1. The van der Waals surface area contributed by atoms with Crippen LogP contribution in [-0.4, -0.2) is 20.3 Å². The molecule has 1 unspecified atom stereocenters. The van der Waals surface area contributed by atoms with Gasteiger partial charge in [-0.2, -0.15) is 0 Å². The molecular formula is C14H16BrNO2S. The van der Waals surface area contributed by atoms with E-state index < -0.39 is 0 Å². The molecule has 0 amide bonds. The lowest BCUT2D eigenvalue weighted by molar-refractivity contribution is 0.146. The maximum atomic E-state index is 6.23. The minimum absolute atomic E-state index is 0.0932. The van der Waals surface area contributed by atoms with Crippen LogP contribution < -0.4 is 10.5 Å². The van der Waals surface area contributed by atoms with Gasteiger partial charge in [-0.05, 0) is 45.1 Å². The van der Waals surface area contributed by atoms with Crippen LogP contribution in [-0.2, 0) is 4.74 Å². The second-order valence-corrected chi connectivity index (χ2v) is 5.86. The topological polar surface area (TPSA) is 44.5 Å². The molecule has 0 saturated carbocycles. The van der Waals surface area contributed by atoms with E-state index in [2.05, 4.69) is 15.9 Å². The molecule has 19 heavy (non-hydrogen) atoms. The average Bonchev–Trinajstić information content (AvgIpc) is 2.94. The number of hydrogen-bond donors (Lipinski definition) is 1. The van der Waals surface area contributed by atoms with Gasteiger partial charge in [-0.1, -0.05) is 12.1 Å². The highest BCUT2D eigenvalue weighted by Crippen LogP contribution is 2.31. The van der Waals surface area contributed by atoms with Crippen molar-refractivity contribution in [1.29, 1.82) is 0 Å². The highest BCUT2D eigenvalue weighted by Gasteiger charge is 2.12. The van der Waals surface area contributed by atoms with E-state index in [-0.39, 0.29) is 6.04 Å². The van der Waals surface area contributed by atoms with E-state index in [1.807, 2.05) is 35.7 Å². The monoisotopic (exact) mass is 341 g/mol. The lowest BCUT2D eigenvalue weighted by Crippen LogP contribution is -2.10. The van der Waals surface area contributed by atoms with Crippen LogP contribution in [0.25, 0.3) is 0 Å². The van der Waals surface area contributed by atoms with Crippen molar-refractivity contribution in [2.24, 2.45) is 5.73 Å². The van der Waals surface area contributed by atoms with Gasteiger partial charge in [0, 0.05) is 12.0 Å². The summed E-state index contributed by atoms with van der Waals surface area (Å²) in [7, 11) is 1.65. The van der Waals surface area contributed by atoms with Crippen molar-refractivity contribution >= 4 is 27.3 Å². The van der Waals surface area contributed by atoms with E-state index in [0.29, 0.717) is 13.2 Å². The molecule has 3 nitrogen and oxygen atoms in total. The van der Waals surface area contributed by atoms with Crippen molar-refractivity contribution < 1.29 is 9.47 Å². The summed E-state index contributed by atoms with van der Waals surface area (Å²) in [5, 5.41) is 2.03. The Balaban J connectivity index is 2.10. The van der Waals surface area contributed by atoms with Crippen molar-refractivity contribution in [3.05, 3.63) is 50.6 Å². The van der Waals surface area contributed by atoms with Gasteiger partial charge in [0.15, 0.2) is 0 Å². The molecule has 0 radical (unpaired) electrons. The molecule has 1 heterocycles. The molecule has 0 aliphatic rings. The molecule has 0 spiro atoms. The average molecular weight is 342 g/mol. The summed E-state index contributed by atoms with van der Waals surface area (Å²) in [5.41, 5.74) is 7.29. The van der Waals surface area contributed by atoms with Crippen LogP contribution in [0.5, 0.6) is 5.75 Å². The number of hydrogen-bond acceptors (Lipinski definition) is 4. The number of nitrogens with two attached hydrogens (primary N) is 1. The maximum Gasteiger partial charge on any atom is 0.133 e. The number of benzene rings is 1. The summed E-state index contributed by atoms with van der Waals surface area (Å²) in [6, 6.07) is 9.90. The standard InChI is InChI=1S/C14H16BrNO2S/c1-17-6-7-18-12-5-4-10(9-11(12)15)14(16)13-3-2-8-19-13/h2-5,8-9,14H,6-7,16H2,1H3. The molecule has 2 rings (SSSR count). The molecule has 102 valence electrons. The van der Waals surface area contributed by atoms with Crippen molar-refractivity contribution in [2.75, 3.05) is 20.3 Å². The predicted molar refractivity (Wildman–Crippen MR) is 81.9 cm³/mol. The first-order valence-corrected chi connectivity index (χ1v) is 7.60. The number of methoxy groups -OCH3 is 1. The number of rotatable bonds is 6. The third-order valence-electron chi connectivity index (χ3n) is 2.71. The highest BCUT2D eigenvalue weighted by molar-refractivity contribution is 9.10. The zero-order valence-corrected chi connectivity index (χ0v) is 13.0. The Morgan fingerprint density at radius 3 is 2.79 bits per heavy atom. The van der Waals surface area contributed by atoms with Gasteiger partial charge >= 0.3 is 0 Å². The molecule has 1 aromatic heterocycles. The van der Waals surface area contributed by atoms with Gasteiger partial charge in [0.2, 0.25) is 0 Å². The first kappa shape index (κ1) is 14.5. The van der Waals surface area contributed by atoms with Gasteiger partial charge in [0.05, 0.1) is 17.1 Å². The van der Waals surface area contributed by atoms with Gasteiger partial charge < -0.3 is 15.2 Å². The van der Waals surface area contributed by atoms with Crippen molar-refractivity contribution in [2.45, 2.75) is 6.04 Å². The van der Waals surface area contributed by atoms with Crippen LogP contribution in [0.1, 0.15) is 16.5 Å². The van der Waals surface area contributed by atoms with Gasteiger partial charge in [-0.15, -0.1) is 11.3 Å². The number of halogens is 1. The van der Waals surface area contributed by atoms with Crippen molar-refractivity contribution in [1.82, 2.24) is 0 Å². The highest BCUT2D eigenvalue weighted by atomic mass is 79.9. The van der Waals surface area contributed by atoms with Gasteiger partial charge in [0.25, 0.3) is 0 Å². The third-order valence-corrected chi connectivity index (χ3v) is 4.28. The molecule has 1 aromatic carbocycles. The number of ether oxygens (including phenoxy) is 2. The molecule has 0 aliphatic carbocycles. The fourth-order valence-electron chi connectivity index (χ4n) is 1.70. The first-order valence-electron chi connectivity index (χ1n) is 5.92. The molecular weight excluding hydrogens is 326 g/mol. The van der Waals surface area contributed by atoms with Gasteiger partial charge in [-0.3, -0.25) is 0 Å². The zero-order valence-electron chi connectivity index (χ0n) is 10.6. The first-order chi connectivity index (χ1) is 9.22. The largest absolute Gasteiger partial charge is 0.490 e. The van der Waals surface area contributed by atoms with E-state index in [9.17, 15) is 0 Å². The summed E-state index contributed by atoms with van der Waals surface area (Å²) in [4.78, 5) is 1.15. The summed E-state index contributed by atoms with van der Waals surface area (Å²) in [6.07, 6.45) is 0. The summed E-state index contributed by atoms with van der Waals surface area (Å²) in [5.74, 6) is 0.805. The molecule has 5 heteroatoms. The smallest absolute Gasteiger partial charge is 0.133 e. The van der Waals surface area contributed by atoms with Crippen LogP contribution >= 0.6 is 27.3 Å². The SMILES string of the molecule is COCCOc1ccc(C(N)c2cccs2)cc1Br. The van der Waals surface area contributed by atoms with Crippen LogP contribution in [0.2, 0.25) is 0 Å². The van der Waals surface area contributed by atoms with Crippen LogP contribution in [0.15, 0.2) is 40.2 Å². The Labute approximate surface area is 125 Å². The van der Waals surface area contributed by atoms with E-state index in [0.717, 1.165) is 20.7 Å². The summed E-state index contributed by atoms with van der Waals surface area (Å²) >= 11 is 5.18. The van der Waals surface area contributed by atoms with Gasteiger partial charge in [0.1, 0.15) is 12.4 Å².